The highest BCUT2D eigenvalue weighted by atomic mass is 19.1. The fraction of sp³-hybridized carbons (Fsp3) is 0.130. The summed E-state index contributed by atoms with van der Waals surface area (Å²) < 4.78 is 23.2. The number of aromatic nitrogens is 2. The number of benzene rings is 2. The van der Waals surface area contributed by atoms with Gasteiger partial charge in [0, 0.05) is 12.1 Å². The highest BCUT2D eigenvalue weighted by Gasteiger charge is 2.19. The normalized spacial score (nSPS) is 10.8. The number of carbonyl (C=O) groups excluding carboxylic acids is 2. The van der Waals surface area contributed by atoms with Crippen LogP contribution in [0.2, 0.25) is 0 Å². The summed E-state index contributed by atoms with van der Waals surface area (Å²) in [4.78, 5) is 29.0. The lowest BCUT2D eigenvalue weighted by molar-refractivity contribution is 0.0600. The molecular weight excluding hydrogens is 401 g/mol. The molecular formula is C23H18FN3O4. The number of rotatable bonds is 5. The number of halogens is 1. The van der Waals surface area contributed by atoms with Crippen LogP contribution < -0.4 is 5.32 Å². The number of methoxy groups -OCH3 is 1. The molecule has 0 fully saturated rings. The molecule has 0 atom stereocenters. The molecule has 1 N–H and O–H groups in total. The number of hydrogen-bond acceptors (Lipinski definition) is 6. The highest BCUT2D eigenvalue weighted by molar-refractivity contribution is 6.07. The van der Waals surface area contributed by atoms with E-state index in [0.717, 1.165) is 5.56 Å². The number of amides is 1. The lowest BCUT2D eigenvalue weighted by Crippen LogP contribution is -2.23. The van der Waals surface area contributed by atoms with E-state index < -0.39 is 5.97 Å². The zero-order valence-electron chi connectivity index (χ0n) is 16.8. The number of carbonyl (C=O) groups is 2. The minimum atomic E-state index is -0.425. The Hall–Kier alpha value is -4.07. The van der Waals surface area contributed by atoms with E-state index in [1.54, 1.807) is 49.4 Å². The van der Waals surface area contributed by atoms with E-state index in [9.17, 15) is 14.0 Å². The van der Waals surface area contributed by atoms with Crippen molar-refractivity contribution in [1.82, 2.24) is 15.5 Å². The molecule has 1 amide bonds. The molecule has 0 unspecified atom stereocenters. The fourth-order valence-electron chi connectivity index (χ4n) is 3.20. The van der Waals surface area contributed by atoms with Gasteiger partial charge >= 0.3 is 5.97 Å². The molecule has 2 aromatic heterocycles. The topological polar surface area (TPSA) is 94.3 Å². The Balaban J connectivity index is 1.61. The lowest BCUT2D eigenvalue weighted by atomic mass is 10.0. The summed E-state index contributed by atoms with van der Waals surface area (Å²) in [5.41, 5.74) is 3.48. The highest BCUT2D eigenvalue weighted by Crippen LogP contribution is 2.27. The molecule has 4 aromatic rings. The van der Waals surface area contributed by atoms with Crippen molar-refractivity contribution in [2.45, 2.75) is 13.5 Å². The van der Waals surface area contributed by atoms with E-state index in [0.29, 0.717) is 33.5 Å². The Morgan fingerprint density at radius 2 is 1.81 bits per heavy atom. The minimum Gasteiger partial charge on any atom is -0.465 e. The van der Waals surface area contributed by atoms with Crippen LogP contribution in [0.25, 0.3) is 22.4 Å². The van der Waals surface area contributed by atoms with Crippen LogP contribution in [0.4, 0.5) is 4.39 Å². The van der Waals surface area contributed by atoms with Crippen LogP contribution in [0.3, 0.4) is 0 Å². The summed E-state index contributed by atoms with van der Waals surface area (Å²) in [5.74, 6) is -1.12. The maximum Gasteiger partial charge on any atom is 0.337 e. The van der Waals surface area contributed by atoms with Crippen molar-refractivity contribution in [3.8, 4) is 11.3 Å². The molecule has 31 heavy (non-hydrogen) atoms. The van der Waals surface area contributed by atoms with Crippen molar-refractivity contribution in [2.75, 3.05) is 7.11 Å². The summed E-state index contributed by atoms with van der Waals surface area (Å²) in [6.07, 6.45) is 0. The molecule has 7 nitrogen and oxygen atoms in total. The molecule has 2 aromatic carbocycles. The van der Waals surface area contributed by atoms with Crippen molar-refractivity contribution >= 4 is 23.0 Å². The summed E-state index contributed by atoms with van der Waals surface area (Å²) in [5, 5.41) is 7.30. The molecule has 8 heteroatoms. The smallest absolute Gasteiger partial charge is 0.337 e. The van der Waals surface area contributed by atoms with Crippen molar-refractivity contribution in [3.63, 3.8) is 0 Å². The van der Waals surface area contributed by atoms with Crippen LogP contribution >= 0.6 is 0 Å². The van der Waals surface area contributed by atoms with Gasteiger partial charge in [-0.3, -0.25) is 4.79 Å². The van der Waals surface area contributed by atoms with Gasteiger partial charge in [-0.2, -0.15) is 0 Å². The quantitative estimate of drug-likeness (QED) is 0.491. The first-order valence-corrected chi connectivity index (χ1v) is 9.44. The maximum atomic E-state index is 13.3. The third-order valence-corrected chi connectivity index (χ3v) is 4.83. The summed E-state index contributed by atoms with van der Waals surface area (Å²) >= 11 is 0. The van der Waals surface area contributed by atoms with E-state index in [2.05, 4.69) is 20.2 Å². The van der Waals surface area contributed by atoms with Crippen molar-refractivity contribution in [2.24, 2.45) is 0 Å². The number of ether oxygens (including phenoxy) is 1. The Kier molecular flexibility index (Phi) is 5.44. The maximum absolute atomic E-state index is 13.3. The van der Waals surface area contributed by atoms with Gasteiger partial charge in [-0.15, -0.1) is 0 Å². The van der Waals surface area contributed by atoms with Gasteiger partial charge in [0.05, 0.1) is 35.0 Å². The number of nitrogens with zero attached hydrogens (tertiary/aromatic N) is 2. The van der Waals surface area contributed by atoms with Gasteiger partial charge in [-0.1, -0.05) is 17.3 Å². The number of pyridine rings is 1. The first-order valence-electron chi connectivity index (χ1n) is 9.44. The van der Waals surface area contributed by atoms with E-state index in [4.69, 9.17) is 4.52 Å². The molecule has 0 aliphatic carbocycles. The van der Waals surface area contributed by atoms with Crippen molar-refractivity contribution in [3.05, 3.63) is 82.8 Å². The standard InChI is InChI=1S/C23H18FN3O4/c1-13-20-18(21(28)25-12-14-3-5-16(6-4-14)23(29)30-2)11-19(26-22(20)31-27-13)15-7-9-17(24)10-8-15/h3-11H,12H2,1-2H3,(H,25,28). The molecule has 0 radical (unpaired) electrons. The van der Waals surface area contributed by atoms with Crippen LogP contribution in [0.15, 0.2) is 59.1 Å². The second kappa shape index (κ2) is 8.35. The van der Waals surface area contributed by atoms with Crippen LogP contribution in [0.1, 0.15) is 32.0 Å². The largest absolute Gasteiger partial charge is 0.465 e. The Labute approximate surface area is 176 Å². The Bertz CT molecular complexity index is 1260. The predicted molar refractivity (Wildman–Crippen MR) is 111 cm³/mol. The molecule has 0 spiro atoms. The molecule has 4 rings (SSSR count). The number of fused-ring (bicyclic) bond motifs is 1. The van der Waals surface area contributed by atoms with Gasteiger partial charge in [0.2, 0.25) is 0 Å². The number of nitrogens with one attached hydrogen (secondary N) is 1. The molecule has 0 bridgehead atoms. The molecule has 2 heterocycles. The SMILES string of the molecule is COC(=O)c1ccc(CNC(=O)c2cc(-c3ccc(F)cc3)nc3onc(C)c23)cc1. The van der Waals surface area contributed by atoms with E-state index in [1.807, 2.05) is 0 Å². The van der Waals surface area contributed by atoms with Gasteiger partial charge in [-0.05, 0) is 55.0 Å². The van der Waals surface area contributed by atoms with Crippen LogP contribution in [-0.4, -0.2) is 29.1 Å². The second-order valence-corrected chi connectivity index (χ2v) is 6.88. The average molecular weight is 419 g/mol. The lowest BCUT2D eigenvalue weighted by Gasteiger charge is -2.09. The second-order valence-electron chi connectivity index (χ2n) is 6.88. The van der Waals surface area contributed by atoms with Crippen LogP contribution in [0, 0.1) is 12.7 Å². The molecule has 156 valence electrons. The number of aryl methyl sites for hydroxylation is 1. The van der Waals surface area contributed by atoms with E-state index in [1.165, 1.54) is 19.2 Å². The molecule has 0 saturated carbocycles. The zero-order valence-corrected chi connectivity index (χ0v) is 16.8. The average Bonchev–Trinajstić information content (AvgIpc) is 3.18. The van der Waals surface area contributed by atoms with Crippen molar-refractivity contribution in [1.29, 1.82) is 0 Å². The fourth-order valence-corrected chi connectivity index (χ4v) is 3.20. The molecule has 0 aliphatic rings. The predicted octanol–water partition coefficient (Wildman–Crippen LogP) is 4.05. The van der Waals surface area contributed by atoms with Gasteiger partial charge in [0.15, 0.2) is 0 Å². The molecule has 0 saturated heterocycles. The van der Waals surface area contributed by atoms with Crippen LogP contribution in [-0.2, 0) is 11.3 Å². The minimum absolute atomic E-state index is 0.229. The van der Waals surface area contributed by atoms with Gasteiger partial charge in [0.1, 0.15) is 5.82 Å². The summed E-state index contributed by atoms with van der Waals surface area (Å²) in [6, 6.07) is 14.2. The van der Waals surface area contributed by atoms with Gasteiger partial charge in [0.25, 0.3) is 11.6 Å². The number of hydrogen-bond donors (Lipinski definition) is 1. The van der Waals surface area contributed by atoms with Gasteiger partial charge in [-0.25, -0.2) is 14.2 Å². The summed E-state index contributed by atoms with van der Waals surface area (Å²) in [7, 11) is 1.32. The first kappa shape index (κ1) is 20.2. The third kappa shape index (κ3) is 4.13. The number of esters is 1. The summed E-state index contributed by atoms with van der Waals surface area (Å²) in [6.45, 7) is 1.98. The van der Waals surface area contributed by atoms with Gasteiger partial charge < -0.3 is 14.6 Å². The zero-order chi connectivity index (χ0) is 22.0. The van der Waals surface area contributed by atoms with Crippen molar-refractivity contribution < 1.29 is 23.2 Å². The van der Waals surface area contributed by atoms with E-state index >= 15 is 0 Å². The molecule has 0 aliphatic heterocycles. The van der Waals surface area contributed by atoms with Crippen LogP contribution in [0.5, 0.6) is 0 Å². The first-order chi connectivity index (χ1) is 15.0. The Morgan fingerprint density at radius 3 is 2.48 bits per heavy atom. The monoisotopic (exact) mass is 419 g/mol. The van der Waals surface area contributed by atoms with E-state index in [-0.39, 0.29) is 24.0 Å². The third-order valence-electron chi connectivity index (χ3n) is 4.83. The Morgan fingerprint density at radius 1 is 1.10 bits per heavy atom.